The molecule has 1 unspecified atom stereocenters. The molecule has 0 fully saturated rings. The molecule has 0 spiro atoms. The van der Waals surface area contributed by atoms with Crippen LogP contribution in [0.15, 0.2) is 29.2 Å². The first-order valence-electron chi connectivity index (χ1n) is 8.37. The fourth-order valence-corrected chi connectivity index (χ4v) is 4.13. The van der Waals surface area contributed by atoms with Gasteiger partial charge in [-0.05, 0) is 30.4 Å². The van der Waals surface area contributed by atoms with Crippen LogP contribution in [0.2, 0.25) is 5.02 Å². The Labute approximate surface area is 166 Å². The number of aromatic carboxylic acids is 1. The molecule has 0 radical (unpaired) electrons. The van der Waals surface area contributed by atoms with Crippen LogP contribution in [0, 0.1) is 0 Å². The topological polar surface area (TPSA) is 80.6 Å². The maximum atomic E-state index is 12.2. The van der Waals surface area contributed by atoms with E-state index in [0.717, 1.165) is 16.9 Å². The van der Waals surface area contributed by atoms with E-state index >= 15 is 0 Å². The van der Waals surface area contributed by atoms with Crippen LogP contribution in [-0.4, -0.2) is 42.9 Å². The number of methoxy groups -OCH3 is 1. The summed E-state index contributed by atoms with van der Waals surface area (Å²) in [6.07, 6.45) is 4.04. The molecular formula is C19H19ClNO5S-. The summed E-state index contributed by atoms with van der Waals surface area (Å²) in [4.78, 5) is 23.5. The van der Waals surface area contributed by atoms with Gasteiger partial charge in [-0.1, -0.05) is 11.6 Å². The van der Waals surface area contributed by atoms with Crippen molar-refractivity contribution in [3.05, 3.63) is 50.8 Å². The van der Waals surface area contributed by atoms with Crippen molar-refractivity contribution in [2.75, 3.05) is 32.3 Å². The zero-order valence-electron chi connectivity index (χ0n) is 15.0. The average Bonchev–Trinajstić information content (AvgIpc) is 2.62. The second-order valence-corrected chi connectivity index (χ2v) is 7.54. The van der Waals surface area contributed by atoms with Crippen molar-refractivity contribution in [1.29, 1.82) is 0 Å². The predicted octanol–water partition coefficient (Wildman–Crippen LogP) is 2.02. The van der Waals surface area contributed by atoms with Crippen molar-refractivity contribution < 1.29 is 19.4 Å². The summed E-state index contributed by atoms with van der Waals surface area (Å²) in [6, 6.07) is 5.01. The number of thioether (sulfide) groups is 1. The minimum absolute atomic E-state index is 0.00852. The van der Waals surface area contributed by atoms with E-state index in [-0.39, 0.29) is 11.6 Å². The molecule has 0 saturated heterocycles. The van der Waals surface area contributed by atoms with Gasteiger partial charge in [0, 0.05) is 36.7 Å². The Morgan fingerprint density at radius 2 is 2.15 bits per heavy atom. The van der Waals surface area contributed by atoms with Gasteiger partial charge >= 0.3 is 0 Å². The van der Waals surface area contributed by atoms with E-state index in [4.69, 9.17) is 21.1 Å². The number of hydrogen-bond acceptors (Lipinski definition) is 6. The molecule has 0 N–H and O–H groups in total. The summed E-state index contributed by atoms with van der Waals surface area (Å²) < 4.78 is 12.5. The normalized spacial score (nSPS) is 15.1. The van der Waals surface area contributed by atoms with Gasteiger partial charge in [0.1, 0.15) is 12.4 Å². The molecule has 3 rings (SSSR count). The van der Waals surface area contributed by atoms with Crippen LogP contribution in [0.25, 0.3) is 11.3 Å². The van der Waals surface area contributed by atoms with Gasteiger partial charge < -0.3 is 23.9 Å². The van der Waals surface area contributed by atoms with Gasteiger partial charge in [0.2, 0.25) is 0 Å². The fourth-order valence-electron chi connectivity index (χ4n) is 3.25. The van der Waals surface area contributed by atoms with E-state index in [1.54, 1.807) is 24.9 Å². The lowest BCUT2D eigenvalue weighted by molar-refractivity contribution is -0.255. The van der Waals surface area contributed by atoms with Gasteiger partial charge in [0.05, 0.1) is 28.9 Å². The molecule has 1 aromatic carbocycles. The van der Waals surface area contributed by atoms with Crippen LogP contribution in [0.1, 0.15) is 22.0 Å². The van der Waals surface area contributed by atoms with Gasteiger partial charge in [0.15, 0.2) is 5.43 Å². The Kier molecular flexibility index (Phi) is 6.14. The molecule has 6 nitrogen and oxygen atoms in total. The van der Waals surface area contributed by atoms with Crippen LogP contribution in [-0.2, 0) is 11.2 Å². The molecule has 8 heteroatoms. The van der Waals surface area contributed by atoms with Crippen LogP contribution in [0.5, 0.6) is 5.75 Å². The predicted molar refractivity (Wildman–Crippen MR) is 104 cm³/mol. The van der Waals surface area contributed by atoms with E-state index in [0.29, 0.717) is 36.1 Å². The molecule has 1 aliphatic heterocycles. The zero-order chi connectivity index (χ0) is 19.6. The molecule has 0 saturated carbocycles. The molecule has 144 valence electrons. The minimum atomic E-state index is -1.47. The van der Waals surface area contributed by atoms with Crippen molar-refractivity contribution in [2.24, 2.45) is 0 Å². The summed E-state index contributed by atoms with van der Waals surface area (Å²) in [5.41, 5.74) is 1.55. The number of carboxylic acid groups (broad SMARTS) is 1. The first-order valence-corrected chi connectivity index (χ1v) is 10.1. The molecule has 2 aromatic rings. The first-order chi connectivity index (χ1) is 13.0. The van der Waals surface area contributed by atoms with Crippen molar-refractivity contribution in [3.63, 3.8) is 0 Å². The minimum Gasteiger partial charge on any atom is -0.545 e. The van der Waals surface area contributed by atoms with Gasteiger partial charge in [-0.15, -0.1) is 0 Å². The number of carboxylic acids is 1. The third-order valence-corrected chi connectivity index (χ3v) is 5.50. The smallest absolute Gasteiger partial charge is 0.191 e. The summed E-state index contributed by atoms with van der Waals surface area (Å²) >= 11 is 8.02. The summed E-state index contributed by atoms with van der Waals surface area (Å²) in [7, 11) is 1.60. The Morgan fingerprint density at radius 1 is 1.37 bits per heavy atom. The highest BCUT2D eigenvalue weighted by Gasteiger charge is 2.26. The molecular weight excluding hydrogens is 390 g/mol. The number of carbonyl (C=O) groups excluding carboxylic acids is 1. The quantitative estimate of drug-likeness (QED) is 0.652. The summed E-state index contributed by atoms with van der Waals surface area (Å²) in [6.45, 7) is 0.834. The van der Waals surface area contributed by atoms with E-state index in [9.17, 15) is 14.7 Å². The molecule has 1 atom stereocenters. The number of benzene rings is 1. The molecule has 2 heterocycles. The Morgan fingerprint density at radius 3 is 2.81 bits per heavy atom. The van der Waals surface area contributed by atoms with E-state index in [1.807, 2.05) is 16.9 Å². The highest BCUT2D eigenvalue weighted by Crippen LogP contribution is 2.40. The van der Waals surface area contributed by atoms with Crippen LogP contribution < -0.4 is 15.3 Å². The number of carbonyl (C=O) groups is 1. The zero-order valence-corrected chi connectivity index (χ0v) is 16.6. The molecule has 0 bridgehead atoms. The highest BCUT2D eigenvalue weighted by atomic mass is 35.5. The second kappa shape index (κ2) is 8.37. The molecule has 0 aliphatic carbocycles. The van der Waals surface area contributed by atoms with Gasteiger partial charge in [-0.3, -0.25) is 4.79 Å². The van der Waals surface area contributed by atoms with Crippen LogP contribution in [0.4, 0.5) is 0 Å². The fraction of sp³-hybridized carbons (Fsp3) is 0.368. The SMILES string of the molecule is COCCOc1cc2c(cc1Cl)-c1cc(=O)c(C(=O)[O-])cn1C(CSC)C2. The largest absolute Gasteiger partial charge is 0.545 e. The first kappa shape index (κ1) is 19.8. The maximum absolute atomic E-state index is 12.2. The van der Waals surface area contributed by atoms with Gasteiger partial charge in [-0.25, -0.2) is 0 Å². The number of ether oxygens (including phenoxy) is 2. The van der Waals surface area contributed by atoms with Crippen molar-refractivity contribution in [1.82, 2.24) is 4.57 Å². The lowest BCUT2D eigenvalue weighted by atomic mass is 9.92. The number of pyridine rings is 1. The summed E-state index contributed by atoms with van der Waals surface area (Å²) in [5, 5.41) is 11.7. The average molecular weight is 409 g/mol. The van der Waals surface area contributed by atoms with Crippen molar-refractivity contribution in [3.8, 4) is 17.0 Å². The van der Waals surface area contributed by atoms with Crippen molar-refractivity contribution >= 4 is 29.3 Å². The summed E-state index contributed by atoms with van der Waals surface area (Å²) in [5.74, 6) is -0.133. The third kappa shape index (κ3) is 4.00. The number of rotatable bonds is 7. The number of nitrogens with zero attached hydrogens (tertiary/aromatic N) is 1. The number of aromatic nitrogens is 1. The standard InChI is InChI=1S/C19H20ClNO5S/c1-25-3-4-26-18-6-11-5-12(10-27-2)21-9-14(19(23)24)17(22)8-16(21)13(11)7-15(18)20/h6-9,12H,3-5,10H2,1-2H3,(H,23,24)/p-1. The molecule has 1 aliphatic rings. The second-order valence-electron chi connectivity index (χ2n) is 6.23. The monoisotopic (exact) mass is 408 g/mol. The maximum Gasteiger partial charge on any atom is 0.191 e. The van der Waals surface area contributed by atoms with Crippen LogP contribution in [0.3, 0.4) is 0 Å². The molecule has 1 aromatic heterocycles. The Hall–Kier alpha value is -1.96. The Bertz CT molecular complexity index is 927. The number of fused-ring (bicyclic) bond motifs is 3. The third-order valence-electron chi connectivity index (χ3n) is 4.49. The van der Waals surface area contributed by atoms with Gasteiger partial charge in [0.25, 0.3) is 0 Å². The van der Waals surface area contributed by atoms with Gasteiger partial charge in [-0.2, -0.15) is 11.8 Å². The van der Waals surface area contributed by atoms with E-state index < -0.39 is 11.4 Å². The van der Waals surface area contributed by atoms with Crippen LogP contribution >= 0.6 is 23.4 Å². The van der Waals surface area contributed by atoms with E-state index in [2.05, 4.69) is 0 Å². The lowest BCUT2D eigenvalue weighted by Crippen LogP contribution is -2.32. The highest BCUT2D eigenvalue weighted by molar-refractivity contribution is 7.98. The Balaban J connectivity index is 2.11. The lowest BCUT2D eigenvalue weighted by Gasteiger charge is -2.31. The van der Waals surface area contributed by atoms with Crippen molar-refractivity contribution in [2.45, 2.75) is 12.5 Å². The molecule has 27 heavy (non-hydrogen) atoms. The number of halogens is 1. The number of hydrogen-bond donors (Lipinski definition) is 0. The van der Waals surface area contributed by atoms with E-state index in [1.165, 1.54) is 12.3 Å². The molecule has 0 amide bonds.